The summed E-state index contributed by atoms with van der Waals surface area (Å²) in [6.45, 7) is -9.22. The Bertz CT molecular complexity index is 1650. The number of aromatic nitrogens is 3. The zero-order valence-electron chi connectivity index (χ0n) is 22.1. The van der Waals surface area contributed by atoms with Crippen molar-refractivity contribution < 1.29 is 46.6 Å². The Morgan fingerprint density at radius 3 is 2.59 bits per heavy atom. The van der Waals surface area contributed by atoms with Crippen LogP contribution in [0.4, 0.5) is 5.82 Å². The maximum atomic E-state index is 13.5. The van der Waals surface area contributed by atoms with Crippen molar-refractivity contribution in [1.29, 1.82) is 0 Å². The van der Waals surface area contributed by atoms with E-state index in [1.54, 1.807) is 0 Å². The first-order valence-electron chi connectivity index (χ1n) is 13.0. The van der Waals surface area contributed by atoms with Gasteiger partial charge in [-0.3, -0.25) is 33.2 Å². The molecule has 44 heavy (non-hydrogen) atoms. The minimum absolute atomic E-state index is 0.146. The van der Waals surface area contributed by atoms with Gasteiger partial charge in [-0.2, -0.15) is 4.37 Å². The summed E-state index contributed by atoms with van der Waals surface area (Å²) < 4.78 is 66.1. The third-order valence-electron chi connectivity index (χ3n) is 7.49. The number of carbonyl (C=O) groups excluding carboxylic acids is 1. The molecule has 2 aromatic heterocycles. The second kappa shape index (κ2) is 11.4. The van der Waals surface area contributed by atoms with Crippen LogP contribution in [0.5, 0.6) is 0 Å². The highest BCUT2D eigenvalue weighted by atomic mass is 32.7. The predicted octanol–water partition coefficient (Wildman–Crippen LogP) is -0.0396. The lowest BCUT2D eigenvalue weighted by Gasteiger charge is -2.34. The normalized spacial score (nSPS) is 42.6. The average molecular weight is 710 g/mol. The molecule has 6 N–H and O–H groups in total. The number of nitrogens with zero attached hydrogens (tertiary/aromatic N) is 6. The first-order chi connectivity index (χ1) is 20.9. The van der Waals surface area contributed by atoms with Crippen molar-refractivity contribution in [3.05, 3.63) is 11.2 Å². The number of ether oxygens (including phenoxy) is 2. The second-order valence-electron chi connectivity index (χ2n) is 10.3. The lowest BCUT2D eigenvalue weighted by atomic mass is 10.1. The number of rotatable bonds is 2. The molecule has 0 radical (unpaired) electrons. The molecule has 5 aliphatic rings. The molecule has 19 nitrogen and oxygen atoms in total. The molecule has 2 bridgehead atoms. The van der Waals surface area contributed by atoms with Crippen LogP contribution in [0.1, 0.15) is 17.4 Å². The van der Waals surface area contributed by atoms with E-state index in [4.69, 9.17) is 39.0 Å². The lowest BCUT2D eigenvalue weighted by molar-refractivity contribution is -0.124. The maximum absolute atomic E-state index is 13.5. The van der Waals surface area contributed by atoms with E-state index in [9.17, 15) is 19.0 Å². The molecular weight excluding hydrogens is 684 g/mol. The summed E-state index contributed by atoms with van der Waals surface area (Å²) in [5.74, 6) is -0.440. The zero-order valence-corrected chi connectivity index (χ0v) is 26.5. The molecule has 3 saturated heterocycles. The number of anilines is 1. The molecule has 7 rings (SSSR count). The number of carbonyl (C=O) groups is 1. The Kier molecular flexibility index (Phi) is 7.95. The van der Waals surface area contributed by atoms with E-state index in [0.717, 1.165) is 11.5 Å². The van der Waals surface area contributed by atoms with Crippen LogP contribution in [0.3, 0.4) is 0 Å². The van der Waals surface area contributed by atoms with Crippen LogP contribution in [0.15, 0.2) is 16.3 Å². The topological polar surface area (TPSA) is 258 Å². The van der Waals surface area contributed by atoms with Crippen LogP contribution in [0, 0.1) is 0 Å². The second-order valence-corrected chi connectivity index (χ2v) is 16.8. The number of aliphatic hydroxyl groups excluding tert-OH is 1. The number of nitrogens with one attached hydrogen (secondary N) is 1. The minimum atomic E-state index is -4.25. The van der Waals surface area contributed by atoms with Crippen molar-refractivity contribution in [2.24, 2.45) is 15.7 Å². The van der Waals surface area contributed by atoms with Crippen molar-refractivity contribution in [2.45, 2.75) is 61.5 Å². The summed E-state index contributed by atoms with van der Waals surface area (Å²) >= 11 is 9.38. The summed E-state index contributed by atoms with van der Waals surface area (Å²) in [5, 5.41) is 13.5. The monoisotopic (exact) mass is 709 g/mol. The van der Waals surface area contributed by atoms with E-state index < -0.39 is 87.8 Å². The highest BCUT2D eigenvalue weighted by Crippen LogP contribution is 2.60. The number of thiol groups is 2. The van der Waals surface area contributed by atoms with E-state index in [1.165, 1.54) is 17.6 Å². The van der Waals surface area contributed by atoms with Gasteiger partial charge in [-0.25, -0.2) is 24.1 Å². The third kappa shape index (κ3) is 5.64. The highest BCUT2D eigenvalue weighted by molar-refractivity contribution is 8.44. The van der Waals surface area contributed by atoms with E-state index >= 15 is 0 Å². The molecule has 2 unspecified atom stereocenters. The maximum Gasteiger partial charge on any atom is 0.386 e. The van der Waals surface area contributed by atoms with Gasteiger partial charge in [0.2, 0.25) is 0 Å². The standard InChI is InChI=1S/C20H25N9O10P2S3/c21-16-11-10(23-4-24-16)15(44-28-11)7-1-6-8(36-7)2-34-41(33,43)39-14-13(30)9(3-35-40(32,42)38-6)37-19(14)29-5-25-12-17(29)26-20(22)27-18(12)31/h4-9,12-14,17,19,30H,1-3H2,(H,32,42)(H,33,43)(H2,21,23,24)(H3,22,26,27,31)/t6-,7+,8+,9+,12?,13+,14+,17?,19+,40+,41+/m0/s1. The molecule has 0 spiro atoms. The molecule has 0 aromatic carbocycles. The van der Waals surface area contributed by atoms with Gasteiger partial charge < -0.3 is 30.9 Å². The first kappa shape index (κ1) is 30.7. The molecule has 3 fully saturated rings. The van der Waals surface area contributed by atoms with Gasteiger partial charge in [0.25, 0.3) is 5.91 Å². The summed E-state index contributed by atoms with van der Waals surface area (Å²) in [6.07, 6.45) is -6.00. The summed E-state index contributed by atoms with van der Waals surface area (Å²) in [7, 11) is 0. The number of nitrogens with two attached hydrogens (primary N) is 2. The van der Waals surface area contributed by atoms with Gasteiger partial charge in [-0.15, -0.1) is 0 Å². The van der Waals surface area contributed by atoms with Gasteiger partial charge in [0.05, 0.1) is 36.6 Å². The number of fused-ring (bicyclic) bond motifs is 5. The summed E-state index contributed by atoms with van der Waals surface area (Å²) in [4.78, 5) is 31.0. The van der Waals surface area contributed by atoms with Gasteiger partial charge in [-0.1, -0.05) is 24.5 Å². The third-order valence-corrected chi connectivity index (χ3v) is 11.7. The fourth-order valence-corrected chi connectivity index (χ4v) is 9.33. The first-order valence-corrected chi connectivity index (χ1v) is 19.2. The van der Waals surface area contributed by atoms with Crippen LogP contribution < -0.4 is 16.8 Å². The lowest BCUT2D eigenvalue weighted by Crippen LogP contribution is -2.57. The van der Waals surface area contributed by atoms with Crippen molar-refractivity contribution in [3.8, 4) is 0 Å². The highest BCUT2D eigenvalue weighted by Gasteiger charge is 2.55. The van der Waals surface area contributed by atoms with Gasteiger partial charge in [0.1, 0.15) is 41.8 Å². The van der Waals surface area contributed by atoms with Crippen molar-refractivity contribution >= 4 is 84.7 Å². The number of hydrogen-bond acceptors (Lipinski definition) is 19. The smallest absolute Gasteiger partial charge is 0.386 e. The zero-order chi connectivity index (χ0) is 31.0. The number of hydrogen-bond donors (Lipinski definition) is 6. The van der Waals surface area contributed by atoms with Crippen LogP contribution in [-0.2, 0) is 41.5 Å². The van der Waals surface area contributed by atoms with E-state index in [0.29, 0.717) is 15.9 Å². The molecule has 11 atom stereocenters. The Morgan fingerprint density at radius 2 is 1.80 bits per heavy atom. The quantitative estimate of drug-likeness (QED) is 0.177. The van der Waals surface area contributed by atoms with Gasteiger partial charge in [-0.05, 0) is 11.5 Å². The number of nitrogen functional groups attached to an aromatic ring is 1. The summed E-state index contributed by atoms with van der Waals surface area (Å²) in [5.41, 5.74) is 12.6. The average Bonchev–Trinajstić information content (AvgIpc) is 3.72. The van der Waals surface area contributed by atoms with Gasteiger partial charge >= 0.3 is 13.6 Å². The Morgan fingerprint density at radius 1 is 1.05 bits per heavy atom. The van der Waals surface area contributed by atoms with Crippen molar-refractivity contribution in [3.63, 3.8) is 0 Å². The molecular formula is C20H25N9O10P2S3. The van der Waals surface area contributed by atoms with Crippen LogP contribution in [0.2, 0.25) is 0 Å². The molecule has 5 aliphatic heterocycles. The van der Waals surface area contributed by atoms with Gasteiger partial charge in [0.15, 0.2) is 30.2 Å². The van der Waals surface area contributed by atoms with E-state index in [2.05, 4.69) is 54.1 Å². The van der Waals surface area contributed by atoms with Crippen molar-refractivity contribution in [2.75, 3.05) is 18.9 Å². The number of aliphatic imine (C=N–C) groups is 2. The molecule has 0 saturated carbocycles. The number of guanidine groups is 1. The summed E-state index contributed by atoms with van der Waals surface area (Å²) in [6, 6.07) is -0.960. The number of aliphatic hydroxyl groups is 1. The van der Waals surface area contributed by atoms with E-state index in [1.807, 2.05) is 0 Å². The van der Waals surface area contributed by atoms with Crippen LogP contribution in [0.25, 0.3) is 11.0 Å². The largest absolute Gasteiger partial charge is 0.387 e. The Labute approximate surface area is 262 Å². The molecule has 0 aliphatic carbocycles. The molecule has 1 amide bonds. The van der Waals surface area contributed by atoms with Crippen molar-refractivity contribution in [1.82, 2.24) is 24.6 Å². The number of amides is 1. The molecule has 7 heterocycles. The Hall–Kier alpha value is -1.94. The predicted molar refractivity (Wildman–Crippen MR) is 159 cm³/mol. The van der Waals surface area contributed by atoms with E-state index in [-0.39, 0.29) is 18.2 Å². The Balaban J connectivity index is 1.15. The minimum Gasteiger partial charge on any atom is -0.387 e. The molecule has 24 heteroatoms. The molecule has 238 valence electrons. The SMILES string of the molecule is NC1=NC2C(N=CN2[C@@H]2O[C@@H]3CO[P@@](=O)(S)O[C@H]4C[C@H](c5snc6c(N)ncnc56)O[C@@H]4CO[P@@](=O)(S)O[C@@H]2[C@@H]3O)C(=O)N1. The molecule has 2 aromatic rings. The fraction of sp³-hybridized carbons (Fsp3) is 0.600. The van der Waals surface area contributed by atoms with Crippen LogP contribution >= 0.6 is 49.6 Å². The van der Waals surface area contributed by atoms with Crippen LogP contribution in [-0.4, -0.2) is 105 Å². The fourth-order valence-electron chi connectivity index (χ4n) is 5.47. The van der Waals surface area contributed by atoms with Gasteiger partial charge in [0, 0.05) is 6.42 Å².